The van der Waals surface area contributed by atoms with Gasteiger partial charge in [0.25, 0.3) is 0 Å². The van der Waals surface area contributed by atoms with Gasteiger partial charge in [0, 0.05) is 11.4 Å². The molecule has 0 saturated carbocycles. The van der Waals surface area contributed by atoms with Gasteiger partial charge in [0.05, 0.1) is 6.26 Å². The summed E-state index contributed by atoms with van der Waals surface area (Å²) in [5, 5.41) is 0.783. The van der Waals surface area contributed by atoms with Gasteiger partial charge in [-0.05, 0) is 42.3 Å². The molecule has 0 aliphatic rings. The number of hydrogen-bond donors (Lipinski definition) is 0. The van der Waals surface area contributed by atoms with Gasteiger partial charge in [-0.3, -0.25) is 0 Å². The van der Waals surface area contributed by atoms with Crippen molar-refractivity contribution in [2.75, 3.05) is 0 Å². The van der Waals surface area contributed by atoms with E-state index < -0.39 is 0 Å². The number of halogens is 1. The largest absolute Gasteiger partial charge is 0.469 e. The molecule has 2 aromatic rings. The Hall–Kier alpha value is -1.21. The van der Waals surface area contributed by atoms with Crippen molar-refractivity contribution in [1.82, 2.24) is 0 Å². The topological polar surface area (TPSA) is 13.1 Å². The van der Waals surface area contributed by atoms with Gasteiger partial charge in [0.1, 0.15) is 5.76 Å². The van der Waals surface area contributed by atoms with Crippen LogP contribution in [0.5, 0.6) is 0 Å². The first-order chi connectivity index (χ1) is 6.75. The lowest BCUT2D eigenvalue weighted by Gasteiger charge is -2.03. The van der Waals surface area contributed by atoms with Crippen LogP contribution in [0.4, 0.5) is 0 Å². The molecule has 1 aromatic heterocycles. The van der Waals surface area contributed by atoms with Crippen LogP contribution in [0.2, 0.25) is 5.02 Å². The SMILES string of the molecule is Cc1cc(Cl)ccc1Cc1ccco1. The Kier molecular flexibility index (Phi) is 2.60. The van der Waals surface area contributed by atoms with Crippen LogP contribution in [0, 0.1) is 6.92 Å². The number of hydrogen-bond acceptors (Lipinski definition) is 1. The second kappa shape index (κ2) is 3.89. The third kappa shape index (κ3) is 1.99. The predicted molar refractivity (Wildman–Crippen MR) is 57.7 cm³/mol. The second-order valence-electron chi connectivity index (χ2n) is 3.33. The fourth-order valence-electron chi connectivity index (χ4n) is 1.46. The molecule has 14 heavy (non-hydrogen) atoms. The van der Waals surface area contributed by atoms with Crippen molar-refractivity contribution in [3.8, 4) is 0 Å². The summed E-state index contributed by atoms with van der Waals surface area (Å²) in [4.78, 5) is 0. The van der Waals surface area contributed by atoms with Gasteiger partial charge in [0.2, 0.25) is 0 Å². The van der Waals surface area contributed by atoms with Crippen molar-refractivity contribution >= 4 is 11.6 Å². The Bertz CT molecular complexity index is 418. The van der Waals surface area contributed by atoms with E-state index in [-0.39, 0.29) is 0 Å². The van der Waals surface area contributed by atoms with Gasteiger partial charge in [-0.15, -0.1) is 0 Å². The fourth-order valence-corrected chi connectivity index (χ4v) is 1.69. The Morgan fingerprint density at radius 3 is 2.79 bits per heavy atom. The van der Waals surface area contributed by atoms with Crippen LogP contribution in [0.1, 0.15) is 16.9 Å². The maximum atomic E-state index is 5.88. The average molecular weight is 207 g/mol. The molecule has 0 aliphatic heterocycles. The minimum atomic E-state index is 0.783. The van der Waals surface area contributed by atoms with E-state index in [4.69, 9.17) is 16.0 Å². The van der Waals surface area contributed by atoms with E-state index in [1.165, 1.54) is 11.1 Å². The predicted octanol–water partition coefficient (Wildman–Crippen LogP) is 3.83. The molecule has 2 rings (SSSR count). The molecule has 0 unspecified atom stereocenters. The first-order valence-corrected chi connectivity index (χ1v) is 4.91. The van der Waals surface area contributed by atoms with Crippen LogP contribution < -0.4 is 0 Å². The van der Waals surface area contributed by atoms with Crippen LogP contribution in [-0.2, 0) is 6.42 Å². The van der Waals surface area contributed by atoms with E-state index in [1.54, 1.807) is 6.26 Å². The average Bonchev–Trinajstić information content (AvgIpc) is 2.62. The highest BCUT2D eigenvalue weighted by molar-refractivity contribution is 6.30. The number of aryl methyl sites for hydroxylation is 1. The molecule has 1 nitrogen and oxygen atoms in total. The molecule has 0 amide bonds. The number of benzene rings is 1. The highest BCUT2D eigenvalue weighted by Crippen LogP contribution is 2.18. The summed E-state index contributed by atoms with van der Waals surface area (Å²) in [6.45, 7) is 2.06. The molecule has 0 bridgehead atoms. The normalized spacial score (nSPS) is 10.4. The Balaban J connectivity index is 2.25. The maximum absolute atomic E-state index is 5.88. The van der Waals surface area contributed by atoms with Crippen LogP contribution in [0.15, 0.2) is 41.0 Å². The summed E-state index contributed by atoms with van der Waals surface area (Å²) in [7, 11) is 0. The highest BCUT2D eigenvalue weighted by Gasteiger charge is 2.02. The summed E-state index contributed by atoms with van der Waals surface area (Å²) < 4.78 is 5.29. The molecule has 0 saturated heterocycles. The van der Waals surface area contributed by atoms with Crippen molar-refractivity contribution in [3.63, 3.8) is 0 Å². The van der Waals surface area contributed by atoms with Gasteiger partial charge in [-0.25, -0.2) is 0 Å². The lowest BCUT2D eigenvalue weighted by atomic mass is 10.0. The molecule has 0 N–H and O–H groups in total. The van der Waals surface area contributed by atoms with Crippen LogP contribution in [0.25, 0.3) is 0 Å². The van der Waals surface area contributed by atoms with Gasteiger partial charge in [0.15, 0.2) is 0 Å². The lowest BCUT2D eigenvalue weighted by Crippen LogP contribution is -1.89. The summed E-state index contributed by atoms with van der Waals surface area (Å²) >= 11 is 5.88. The fraction of sp³-hybridized carbons (Fsp3) is 0.167. The van der Waals surface area contributed by atoms with E-state index >= 15 is 0 Å². The third-order valence-corrected chi connectivity index (χ3v) is 2.48. The van der Waals surface area contributed by atoms with Crippen molar-refractivity contribution in [2.24, 2.45) is 0 Å². The Morgan fingerprint density at radius 2 is 2.14 bits per heavy atom. The second-order valence-corrected chi connectivity index (χ2v) is 3.76. The van der Waals surface area contributed by atoms with Crippen molar-refractivity contribution in [1.29, 1.82) is 0 Å². The third-order valence-electron chi connectivity index (χ3n) is 2.25. The highest BCUT2D eigenvalue weighted by atomic mass is 35.5. The van der Waals surface area contributed by atoms with E-state index in [9.17, 15) is 0 Å². The van der Waals surface area contributed by atoms with Crippen molar-refractivity contribution in [3.05, 3.63) is 58.5 Å². The minimum Gasteiger partial charge on any atom is -0.469 e. The zero-order valence-corrected chi connectivity index (χ0v) is 8.71. The zero-order valence-electron chi connectivity index (χ0n) is 7.96. The van der Waals surface area contributed by atoms with Crippen LogP contribution in [-0.4, -0.2) is 0 Å². The molecular weight excluding hydrogens is 196 g/mol. The Labute approximate surface area is 88.3 Å². The quantitative estimate of drug-likeness (QED) is 0.728. The summed E-state index contributed by atoms with van der Waals surface area (Å²) in [6, 6.07) is 9.81. The monoisotopic (exact) mass is 206 g/mol. The smallest absolute Gasteiger partial charge is 0.108 e. The molecule has 72 valence electrons. The van der Waals surface area contributed by atoms with Gasteiger partial charge >= 0.3 is 0 Å². The molecule has 0 radical (unpaired) electrons. The van der Waals surface area contributed by atoms with Crippen molar-refractivity contribution < 1.29 is 4.42 Å². The van der Waals surface area contributed by atoms with Crippen molar-refractivity contribution in [2.45, 2.75) is 13.3 Å². The molecule has 1 heterocycles. The first kappa shape index (κ1) is 9.35. The summed E-state index contributed by atoms with van der Waals surface area (Å²) in [5.41, 5.74) is 2.46. The zero-order chi connectivity index (χ0) is 9.97. The van der Waals surface area contributed by atoms with Gasteiger partial charge < -0.3 is 4.42 Å². The van der Waals surface area contributed by atoms with E-state index in [0.717, 1.165) is 17.2 Å². The minimum absolute atomic E-state index is 0.783. The number of furan rings is 1. The van der Waals surface area contributed by atoms with Crippen LogP contribution in [0.3, 0.4) is 0 Å². The first-order valence-electron chi connectivity index (χ1n) is 4.53. The van der Waals surface area contributed by atoms with Gasteiger partial charge in [-0.2, -0.15) is 0 Å². The summed E-state index contributed by atoms with van der Waals surface area (Å²) in [6.07, 6.45) is 2.52. The molecule has 2 heteroatoms. The standard InChI is InChI=1S/C12H11ClO/c1-9-7-11(13)5-4-10(9)8-12-3-2-6-14-12/h2-7H,8H2,1H3. The summed E-state index contributed by atoms with van der Waals surface area (Å²) in [5.74, 6) is 0.982. The molecule has 0 atom stereocenters. The molecule has 0 fully saturated rings. The molecule has 0 aliphatic carbocycles. The van der Waals surface area contributed by atoms with E-state index in [0.29, 0.717) is 0 Å². The lowest BCUT2D eigenvalue weighted by molar-refractivity contribution is 0.520. The Morgan fingerprint density at radius 1 is 1.29 bits per heavy atom. The van der Waals surface area contributed by atoms with Gasteiger partial charge in [-0.1, -0.05) is 17.7 Å². The number of rotatable bonds is 2. The van der Waals surface area contributed by atoms with Crippen LogP contribution >= 0.6 is 11.6 Å². The van der Waals surface area contributed by atoms with E-state index in [2.05, 4.69) is 6.92 Å². The molecule has 1 aromatic carbocycles. The maximum Gasteiger partial charge on any atom is 0.108 e. The van der Waals surface area contributed by atoms with E-state index in [1.807, 2.05) is 30.3 Å². The molecular formula is C12H11ClO. The molecule has 0 spiro atoms.